The standard InChI is InChI=1S/C12H16FN/c1-9(3-4-10(2)14)11-5-7-12(13)8-6-11/h5-9,14H,3-4H2,1-2H3. The zero-order chi connectivity index (χ0) is 10.6. The minimum absolute atomic E-state index is 0.191. The van der Waals surface area contributed by atoms with Crippen LogP contribution in [0.3, 0.4) is 0 Å². The van der Waals surface area contributed by atoms with Crippen molar-refractivity contribution in [3.8, 4) is 0 Å². The van der Waals surface area contributed by atoms with Crippen LogP contribution in [0.4, 0.5) is 4.39 Å². The Morgan fingerprint density at radius 1 is 1.36 bits per heavy atom. The second-order valence-corrected chi connectivity index (χ2v) is 3.77. The third kappa shape index (κ3) is 3.29. The summed E-state index contributed by atoms with van der Waals surface area (Å²) < 4.78 is 12.6. The van der Waals surface area contributed by atoms with Crippen molar-refractivity contribution in [3.63, 3.8) is 0 Å². The lowest BCUT2D eigenvalue weighted by molar-refractivity contribution is 0.624. The maximum atomic E-state index is 12.6. The van der Waals surface area contributed by atoms with Gasteiger partial charge in [0.1, 0.15) is 5.82 Å². The Kier molecular flexibility index (Phi) is 3.81. The van der Waals surface area contributed by atoms with Gasteiger partial charge in [0.05, 0.1) is 0 Å². The van der Waals surface area contributed by atoms with Crippen LogP contribution in [-0.4, -0.2) is 5.71 Å². The van der Waals surface area contributed by atoms with E-state index in [9.17, 15) is 4.39 Å². The number of halogens is 1. The van der Waals surface area contributed by atoms with Gasteiger partial charge < -0.3 is 5.41 Å². The summed E-state index contributed by atoms with van der Waals surface area (Å²) in [6, 6.07) is 6.62. The van der Waals surface area contributed by atoms with Gasteiger partial charge >= 0.3 is 0 Å². The Morgan fingerprint density at radius 2 is 1.93 bits per heavy atom. The number of rotatable bonds is 4. The maximum Gasteiger partial charge on any atom is 0.123 e. The van der Waals surface area contributed by atoms with Crippen molar-refractivity contribution in [1.82, 2.24) is 0 Å². The van der Waals surface area contributed by atoms with Crippen LogP contribution >= 0.6 is 0 Å². The molecule has 0 radical (unpaired) electrons. The summed E-state index contributed by atoms with van der Waals surface area (Å²) in [6.45, 7) is 3.92. The van der Waals surface area contributed by atoms with Crippen LogP contribution < -0.4 is 0 Å². The average Bonchev–Trinajstić information content (AvgIpc) is 2.15. The molecule has 1 rings (SSSR count). The molecule has 1 nitrogen and oxygen atoms in total. The van der Waals surface area contributed by atoms with Crippen LogP contribution in [0.5, 0.6) is 0 Å². The molecule has 0 aliphatic rings. The Morgan fingerprint density at radius 3 is 2.43 bits per heavy atom. The highest BCUT2D eigenvalue weighted by Gasteiger charge is 2.05. The van der Waals surface area contributed by atoms with E-state index in [1.165, 1.54) is 12.1 Å². The summed E-state index contributed by atoms with van der Waals surface area (Å²) in [7, 11) is 0. The molecule has 0 amide bonds. The highest BCUT2D eigenvalue weighted by molar-refractivity contribution is 5.78. The molecule has 0 heterocycles. The Bertz CT molecular complexity index is 303. The van der Waals surface area contributed by atoms with Crippen LogP contribution in [0, 0.1) is 11.2 Å². The lowest BCUT2D eigenvalue weighted by Gasteiger charge is -2.10. The molecule has 0 saturated heterocycles. The predicted octanol–water partition coefficient (Wildman–Crippen LogP) is 3.75. The third-order valence-corrected chi connectivity index (χ3v) is 2.39. The Hall–Kier alpha value is -1.18. The number of hydrogen-bond acceptors (Lipinski definition) is 1. The smallest absolute Gasteiger partial charge is 0.123 e. The first-order chi connectivity index (χ1) is 6.59. The highest BCUT2D eigenvalue weighted by atomic mass is 19.1. The molecule has 0 spiro atoms. The van der Waals surface area contributed by atoms with Gasteiger partial charge in [-0.1, -0.05) is 19.1 Å². The molecular weight excluding hydrogens is 177 g/mol. The van der Waals surface area contributed by atoms with Crippen LogP contribution in [0.1, 0.15) is 38.2 Å². The van der Waals surface area contributed by atoms with E-state index >= 15 is 0 Å². The minimum Gasteiger partial charge on any atom is -0.310 e. The number of hydrogen-bond donors (Lipinski definition) is 1. The minimum atomic E-state index is -0.191. The van der Waals surface area contributed by atoms with Gasteiger partial charge in [0.15, 0.2) is 0 Å². The van der Waals surface area contributed by atoms with Crippen molar-refractivity contribution in [3.05, 3.63) is 35.6 Å². The van der Waals surface area contributed by atoms with E-state index in [1.54, 1.807) is 0 Å². The van der Waals surface area contributed by atoms with E-state index in [4.69, 9.17) is 5.41 Å². The van der Waals surface area contributed by atoms with E-state index in [1.807, 2.05) is 19.1 Å². The normalized spacial score (nSPS) is 12.5. The van der Waals surface area contributed by atoms with Gasteiger partial charge in [0.25, 0.3) is 0 Å². The van der Waals surface area contributed by atoms with E-state index in [2.05, 4.69) is 6.92 Å². The Balaban J connectivity index is 2.56. The second-order valence-electron chi connectivity index (χ2n) is 3.77. The summed E-state index contributed by atoms with van der Waals surface area (Å²) in [4.78, 5) is 0. The molecule has 1 aromatic carbocycles. The lowest BCUT2D eigenvalue weighted by Crippen LogP contribution is -1.97. The summed E-state index contributed by atoms with van der Waals surface area (Å²) in [6.07, 6.45) is 1.78. The third-order valence-electron chi connectivity index (χ3n) is 2.39. The van der Waals surface area contributed by atoms with Crippen molar-refractivity contribution >= 4 is 5.71 Å². The van der Waals surface area contributed by atoms with Crippen LogP contribution in [-0.2, 0) is 0 Å². The molecule has 0 aliphatic heterocycles. The first kappa shape index (κ1) is 10.9. The monoisotopic (exact) mass is 193 g/mol. The zero-order valence-corrected chi connectivity index (χ0v) is 8.68. The molecular formula is C12H16FN. The largest absolute Gasteiger partial charge is 0.310 e. The van der Waals surface area contributed by atoms with Gasteiger partial charge in [-0.3, -0.25) is 0 Å². The van der Waals surface area contributed by atoms with Gasteiger partial charge in [0.2, 0.25) is 0 Å². The van der Waals surface area contributed by atoms with E-state index in [-0.39, 0.29) is 5.82 Å². The van der Waals surface area contributed by atoms with Crippen LogP contribution in [0.2, 0.25) is 0 Å². The fourth-order valence-electron chi connectivity index (χ4n) is 1.39. The Labute approximate surface area is 84.5 Å². The van der Waals surface area contributed by atoms with Gasteiger partial charge in [-0.05, 0) is 43.4 Å². The van der Waals surface area contributed by atoms with Gasteiger partial charge in [0, 0.05) is 5.71 Å². The molecule has 1 unspecified atom stereocenters. The fourth-order valence-corrected chi connectivity index (χ4v) is 1.39. The van der Waals surface area contributed by atoms with Crippen molar-refractivity contribution in [2.24, 2.45) is 0 Å². The number of benzene rings is 1. The molecule has 0 saturated carbocycles. The molecule has 1 N–H and O–H groups in total. The summed E-state index contributed by atoms with van der Waals surface area (Å²) >= 11 is 0. The van der Waals surface area contributed by atoms with E-state index in [0.717, 1.165) is 18.4 Å². The highest BCUT2D eigenvalue weighted by Crippen LogP contribution is 2.20. The lowest BCUT2D eigenvalue weighted by atomic mass is 9.95. The predicted molar refractivity (Wildman–Crippen MR) is 57.4 cm³/mol. The van der Waals surface area contributed by atoms with Crippen LogP contribution in [0.15, 0.2) is 24.3 Å². The zero-order valence-electron chi connectivity index (χ0n) is 8.68. The van der Waals surface area contributed by atoms with Crippen molar-refractivity contribution in [2.45, 2.75) is 32.6 Å². The average molecular weight is 193 g/mol. The molecule has 0 fully saturated rings. The molecule has 76 valence electrons. The molecule has 1 aromatic rings. The molecule has 2 heteroatoms. The molecule has 1 atom stereocenters. The quantitative estimate of drug-likeness (QED) is 0.704. The SMILES string of the molecule is CC(=N)CCC(C)c1ccc(F)cc1. The maximum absolute atomic E-state index is 12.6. The van der Waals surface area contributed by atoms with Gasteiger partial charge in [-0.15, -0.1) is 0 Å². The molecule has 14 heavy (non-hydrogen) atoms. The van der Waals surface area contributed by atoms with Crippen molar-refractivity contribution in [2.75, 3.05) is 0 Å². The number of nitrogens with one attached hydrogen (secondary N) is 1. The topological polar surface area (TPSA) is 23.9 Å². The van der Waals surface area contributed by atoms with E-state index in [0.29, 0.717) is 11.6 Å². The van der Waals surface area contributed by atoms with E-state index < -0.39 is 0 Å². The van der Waals surface area contributed by atoms with Crippen molar-refractivity contribution < 1.29 is 4.39 Å². The van der Waals surface area contributed by atoms with Gasteiger partial charge in [-0.25, -0.2) is 4.39 Å². The van der Waals surface area contributed by atoms with Gasteiger partial charge in [-0.2, -0.15) is 0 Å². The summed E-state index contributed by atoms with van der Waals surface area (Å²) in [5, 5.41) is 7.32. The molecule has 0 aromatic heterocycles. The summed E-state index contributed by atoms with van der Waals surface area (Å²) in [5.74, 6) is 0.208. The summed E-state index contributed by atoms with van der Waals surface area (Å²) in [5.41, 5.74) is 1.85. The fraction of sp³-hybridized carbons (Fsp3) is 0.417. The first-order valence-electron chi connectivity index (χ1n) is 4.89. The second kappa shape index (κ2) is 4.89. The van der Waals surface area contributed by atoms with Crippen molar-refractivity contribution in [1.29, 1.82) is 5.41 Å². The first-order valence-corrected chi connectivity index (χ1v) is 4.89. The molecule has 0 bridgehead atoms. The van der Waals surface area contributed by atoms with Crippen LogP contribution in [0.25, 0.3) is 0 Å². The molecule has 0 aliphatic carbocycles.